The van der Waals surface area contributed by atoms with Crippen LogP contribution < -0.4 is 10.6 Å². The topological polar surface area (TPSA) is 54.9 Å². The highest BCUT2D eigenvalue weighted by Gasteiger charge is 2.13. The first kappa shape index (κ1) is 21.0. The fraction of sp³-hybridized carbons (Fsp3) is 0.632. The SMILES string of the molecule is CN=C(NCCCOC1CCOCC1)NCCCSc1ccc(F)cc1. The number of ether oxygens (including phenoxy) is 2. The highest BCUT2D eigenvalue weighted by atomic mass is 32.2. The van der Waals surface area contributed by atoms with Gasteiger partial charge in [0.1, 0.15) is 5.82 Å². The molecule has 1 aliphatic rings. The number of nitrogens with zero attached hydrogens (tertiary/aromatic N) is 1. The molecule has 0 atom stereocenters. The maximum absolute atomic E-state index is 12.9. The lowest BCUT2D eigenvalue weighted by Gasteiger charge is -2.22. The van der Waals surface area contributed by atoms with E-state index >= 15 is 0 Å². The maximum atomic E-state index is 12.9. The Kier molecular flexibility index (Phi) is 10.5. The third-order valence-electron chi connectivity index (χ3n) is 4.05. The summed E-state index contributed by atoms with van der Waals surface area (Å²) in [6.45, 7) is 4.10. The Balaban J connectivity index is 1.46. The number of aliphatic imine (C=N–C) groups is 1. The predicted octanol–water partition coefficient (Wildman–Crippen LogP) is 3.06. The molecule has 5 nitrogen and oxygen atoms in total. The Bertz CT molecular complexity index is 522. The van der Waals surface area contributed by atoms with E-state index in [1.807, 2.05) is 12.1 Å². The Labute approximate surface area is 160 Å². The molecule has 0 radical (unpaired) electrons. The van der Waals surface area contributed by atoms with E-state index in [-0.39, 0.29) is 5.82 Å². The number of nitrogens with one attached hydrogen (secondary N) is 2. The average molecular weight is 384 g/mol. The second-order valence-electron chi connectivity index (χ2n) is 6.12. The van der Waals surface area contributed by atoms with Crippen molar-refractivity contribution in [3.63, 3.8) is 0 Å². The first-order valence-electron chi connectivity index (χ1n) is 9.30. The molecule has 2 rings (SSSR count). The lowest BCUT2D eigenvalue weighted by molar-refractivity contribution is -0.0320. The zero-order valence-corrected chi connectivity index (χ0v) is 16.3. The van der Waals surface area contributed by atoms with Crippen LogP contribution in [0, 0.1) is 5.82 Å². The van der Waals surface area contributed by atoms with Crippen molar-refractivity contribution in [1.82, 2.24) is 10.6 Å². The predicted molar refractivity (Wildman–Crippen MR) is 106 cm³/mol. The van der Waals surface area contributed by atoms with Crippen molar-refractivity contribution in [2.45, 2.75) is 36.7 Å². The molecular weight excluding hydrogens is 353 g/mol. The Morgan fingerprint density at radius 1 is 1.19 bits per heavy atom. The zero-order valence-electron chi connectivity index (χ0n) is 15.5. The van der Waals surface area contributed by atoms with Crippen molar-refractivity contribution in [2.75, 3.05) is 45.7 Å². The van der Waals surface area contributed by atoms with E-state index < -0.39 is 0 Å². The number of thioether (sulfide) groups is 1. The van der Waals surface area contributed by atoms with Crippen LogP contribution in [0.25, 0.3) is 0 Å². The summed E-state index contributed by atoms with van der Waals surface area (Å²) in [6.07, 6.45) is 4.34. The van der Waals surface area contributed by atoms with Crippen LogP contribution in [0.2, 0.25) is 0 Å². The van der Waals surface area contributed by atoms with Gasteiger partial charge in [-0.1, -0.05) is 0 Å². The molecule has 1 fully saturated rings. The van der Waals surface area contributed by atoms with Gasteiger partial charge in [-0.15, -0.1) is 11.8 Å². The van der Waals surface area contributed by atoms with E-state index in [1.165, 1.54) is 12.1 Å². The van der Waals surface area contributed by atoms with E-state index in [4.69, 9.17) is 9.47 Å². The van der Waals surface area contributed by atoms with Gasteiger partial charge < -0.3 is 20.1 Å². The van der Waals surface area contributed by atoms with Crippen LogP contribution in [-0.4, -0.2) is 57.8 Å². The van der Waals surface area contributed by atoms with Crippen molar-refractivity contribution in [1.29, 1.82) is 0 Å². The molecule has 1 saturated heterocycles. The van der Waals surface area contributed by atoms with Crippen molar-refractivity contribution in [2.24, 2.45) is 4.99 Å². The average Bonchev–Trinajstić information content (AvgIpc) is 2.68. The molecule has 2 N–H and O–H groups in total. The van der Waals surface area contributed by atoms with E-state index in [9.17, 15) is 4.39 Å². The fourth-order valence-electron chi connectivity index (χ4n) is 2.59. The van der Waals surface area contributed by atoms with Crippen LogP contribution in [0.5, 0.6) is 0 Å². The first-order chi connectivity index (χ1) is 12.8. The van der Waals surface area contributed by atoms with Gasteiger partial charge >= 0.3 is 0 Å². The number of halogens is 1. The molecular formula is C19H30FN3O2S. The maximum Gasteiger partial charge on any atom is 0.190 e. The monoisotopic (exact) mass is 383 g/mol. The quantitative estimate of drug-likeness (QED) is 0.281. The van der Waals surface area contributed by atoms with Crippen LogP contribution >= 0.6 is 11.8 Å². The summed E-state index contributed by atoms with van der Waals surface area (Å²) < 4.78 is 24.0. The number of guanidine groups is 1. The van der Waals surface area contributed by atoms with Crippen LogP contribution in [0.1, 0.15) is 25.7 Å². The van der Waals surface area contributed by atoms with Crippen molar-refractivity contribution < 1.29 is 13.9 Å². The van der Waals surface area contributed by atoms with Gasteiger partial charge in [-0.2, -0.15) is 0 Å². The van der Waals surface area contributed by atoms with E-state index in [0.717, 1.165) is 75.2 Å². The third-order valence-corrected chi connectivity index (χ3v) is 5.15. The normalized spacial score (nSPS) is 15.8. The minimum atomic E-state index is -0.191. The van der Waals surface area contributed by atoms with Crippen LogP contribution in [0.4, 0.5) is 4.39 Å². The molecule has 0 saturated carbocycles. The molecule has 0 bridgehead atoms. The third kappa shape index (κ3) is 8.87. The molecule has 0 amide bonds. The van der Waals surface area contributed by atoms with E-state index in [1.54, 1.807) is 18.8 Å². The van der Waals surface area contributed by atoms with Gasteiger partial charge in [0.15, 0.2) is 5.96 Å². The first-order valence-corrected chi connectivity index (χ1v) is 10.3. The van der Waals surface area contributed by atoms with Gasteiger partial charge in [-0.3, -0.25) is 4.99 Å². The zero-order chi connectivity index (χ0) is 18.5. The number of benzene rings is 1. The number of rotatable bonds is 10. The fourth-order valence-corrected chi connectivity index (χ4v) is 3.44. The van der Waals surface area contributed by atoms with Crippen molar-refractivity contribution >= 4 is 17.7 Å². The molecule has 1 aromatic carbocycles. The van der Waals surface area contributed by atoms with Crippen LogP contribution in [-0.2, 0) is 9.47 Å². The molecule has 1 aliphatic heterocycles. The summed E-state index contributed by atoms with van der Waals surface area (Å²) >= 11 is 1.73. The van der Waals surface area contributed by atoms with Crippen LogP contribution in [0.3, 0.4) is 0 Å². The molecule has 1 aromatic rings. The molecule has 0 aromatic heterocycles. The lowest BCUT2D eigenvalue weighted by atomic mass is 10.1. The smallest absolute Gasteiger partial charge is 0.190 e. The Morgan fingerprint density at radius 2 is 1.88 bits per heavy atom. The molecule has 0 aliphatic carbocycles. The Hall–Kier alpha value is -1.31. The van der Waals surface area contributed by atoms with Gasteiger partial charge in [-0.25, -0.2) is 4.39 Å². The van der Waals surface area contributed by atoms with Gasteiger partial charge in [0, 0.05) is 44.9 Å². The lowest BCUT2D eigenvalue weighted by Crippen LogP contribution is -2.38. The minimum absolute atomic E-state index is 0.191. The summed E-state index contributed by atoms with van der Waals surface area (Å²) in [6, 6.07) is 6.63. The summed E-state index contributed by atoms with van der Waals surface area (Å²) in [5.41, 5.74) is 0. The van der Waals surface area contributed by atoms with Gasteiger partial charge in [0.05, 0.1) is 6.10 Å². The molecule has 26 heavy (non-hydrogen) atoms. The molecule has 0 unspecified atom stereocenters. The Morgan fingerprint density at radius 3 is 2.58 bits per heavy atom. The summed E-state index contributed by atoms with van der Waals surface area (Å²) in [5.74, 6) is 1.61. The van der Waals surface area contributed by atoms with Gasteiger partial charge in [0.2, 0.25) is 0 Å². The second-order valence-corrected chi connectivity index (χ2v) is 7.29. The second kappa shape index (κ2) is 12.9. The number of hydrogen-bond donors (Lipinski definition) is 2. The van der Waals surface area contributed by atoms with Crippen molar-refractivity contribution in [3.8, 4) is 0 Å². The van der Waals surface area contributed by atoms with Gasteiger partial charge in [0.25, 0.3) is 0 Å². The number of hydrogen-bond acceptors (Lipinski definition) is 4. The summed E-state index contributed by atoms with van der Waals surface area (Å²) in [7, 11) is 1.78. The summed E-state index contributed by atoms with van der Waals surface area (Å²) in [4.78, 5) is 5.33. The minimum Gasteiger partial charge on any atom is -0.381 e. The highest BCUT2D eigenvalue weighted by molar-refractivity contribution is 7.99. The van der Waals surface area contributed by atoms with Gasteiger partial charge in [-0.05, 0) is 55.7 Å². The van der Waals surface area contributed by atoms with Crippen molar-refractivity contribution in [3.05, 3.63) is 30.1 Å². The van der Waals surface area contributed by atoms with E-state index in [2.05, 4.69) is 15.6 Å². The molecule has 0 spiro atoms. The molecule has 1 heterocycles. The van der Waals surface area contributed by atoms with E-state index in [0.29, 0.717) is 6.10 Å². The molecule has 146 valence electrons. The van der Waals surface area contributed by atoms with Crippen LogP contribution in [0.15, 0.2) is 34.2 Å². The molecule has 7 heteroatoms. The standard InChI is InChI=1S/C19H30FN3O2S/c1-21-19(22-10-2-12-25-17-8-13-24-14-9-17)23-11-3-15-26-18-6-4-16(20)5-7-18/h4-7,17H,2-3,8-15H2,1H3,(H2,21,22,23). The highest BCUT2D eigenvalue weighted by Crippen LogP contribution is 2.18. The summed E-state index contributed by atoms with van der Waals surface area (Å²) in [5, 5.41) is 6.62. The largest absolute Gasteiger partial charge is 0.381 e.